The molecule has 158 valence electrons. The van der Waals surface area contributed by atoms with E-state index < -0.39 is 6.10 Å². The van der Waals surface area contributed by atoms with Gasteiger partial charge in [-0.3, -0.25) is 0 Å². The van der Waals surface area contributed by atoms with Crippen molar-refractivity contribution >= 4 is 0 Å². The summed E-state index contributed by atoms with van der Waals surface area (Å²) < 4.78 is 32.2. The summed E-state index contributed by atoms with van der Waals surface area (Å²) in [6, 6.07) is 0. The summed E-state index contributed by atoms with van der Waals surface area (Å²) in [6.45, 7) is 10.6. The van der Waals surface area contributed by atoms with E-state index in [2.05, 4.69) is 13.8 Å². The molecule has 0 unspecified atom stereocenters. The summed E-state index contributed by atoms with van der Waals surface area (Å²) in [6.07, 6.45) is 3.81. The van der Waals surface area contributed by atoms with Crippen LogP contribution in [0.25, 0.3) is 0 Å². The van der Waals surface area contributed by atoms with E-state index in [1.54, 1.807) is 0 Å². The van der Waals surface area contributed by atoms with Crippen molar-refractivity contribution in [3.05, 3.63) is 0 Å². The molecular weight excluding hydrogens is 340 g/mol. The molecule has 0 aliphatic heterocycles. The molecule has 1 N–H and O–H groups in total. The second-order valence-electron chi connectivity index (χ2n) is 5.96. The topological polar surface area (TPSA) is 75.6 Å². The zero-order valence-electron chi connectivity index (χ0n) is 16.8. The Morgan fingerprint density at radius 2 is 0.808 bits per heavy atom. The van der Waals surface area contributed by atoms with E-state index in [-0.39, 0.29) is 13.2 Å². The average molecular weight is 381 g/mol. The Bertz CT molecular complexity index is 254. The van der Waals surface area contributed by atoms with Gasteiger partial charge in [0.1, 0.15) is 6.10 Å². The molecule has 0 saturated carbocycles. The van der Waals surface area contributed by atoms with Crippen molar-refractivity contribution in [2.24, 2.45) is 0 Å². The minimum atomic E-state index is -0.623. The molecule has 0 aromatic heterocycles. The van der Waals surface area contributed by atoms with Gasteiger partial charge in [-0.1, -0.05) is 26.7 Å². The van der Waals surface area contributed by atoms with Gasteiger partial charge in [0.2, 0.25) is 0 Å². The third-order valence-corrected chi connectivity index (χ3v) is 3.39. The zero-order chi connectivity index (χ0) is 19.1. The second kappa shape index (κ2) is 22.8. The van der Waals surface area contributed by atoms with Crippen LogP contribution in [0.5, 0.6) is 0 Å². The molecule has 0 radical (unpaired) electrons. The smallest absolute Gasteiger partial charge is 0.101 e. The van der Waals surface area contributed by atoms with Crippen LogP contribution in [0.3, 0.4) is 0 Å². The monoisotopic (exact) mass is 380 g/mol. The van der Waals surface area contributed by atoms with Gasteiger partial charge in [0.25, 0.3) is 0 Å². The van der Waals surface area contributed by atoms with Crippen LogP contribution >= 0.6 is 0 Å². The molecule has 0 aliphatic rings. The van der Waals surface area contributed by atoms with Crippen molar-refractivity contribution in [3.8, 4) is 0 Å². The molecule has 0 rings (SSSR count). The fourth-order valence-electron chi connectivity index (χ4n) is 1.86. The standard InChI is InChI=1S/C19H40O7/c1-3-5-7-21-9-10-23-11-12-24-14-16-26-18-19(20)17-25-15-13-22-8-6-4-2/h19-20H,3-18H2,1-2H3/t19-/m1/s1. The largest absolute Gasteiger partial charge is 0.388 e. The Labute approximate surface area is 159 Å². The third-order valence-electron chi connectivity index (χ3n) is 3.39. The van der Waals surface area contributed by atoms with Crippen molar-refractivity contribution < 1.29 is 33.5 Å². The maximum absolute atomic E-state index is 9.70. The fourth-order valence-corrected chi connectivity index (χ4v) is 1.86. The van der Waals surface area contributed by atoms with Crippen molar-refractivity contribution in [2.75, 3.05) is 79.3 Å². The van der Waals surface area contributed by atoms with Gasteiger partial charge in [-0.2, -0.15) is 0 Å². The number of unbranched alkanes of at least 4 members (excludes halogenated alkanes) is 2. The Morgan fingerprint density at radius 3 is 1.15 bits per heavy atom. The molecule has 0 aliphatic carbocycles. The molecule has 0 amide bonds. The molecular formula is C19H40O7. The van der Waals surface area contributed by atoms with Gasteiger partial charge in [0.15, 0.2) is 0 Å². The second-order valence-corrected chi connectivity index (χ2v) is 5.96. The molecule has 0 bridgehead atoms. The van der Waals surface area contributed by atoms with Crippen LogP contribution < -0.4 is 0 Å². The lowest BCUT2D eigenvalue weighted by Crippen LogP contribution is -2.24. The van der Waals surface area contributed by atoms with Gasteiger partial charge in [-0.25, -0.2) is 0 Å². The third kappa shape index (κ3) is 21.8. The number of hydrogen-bond acceptors (Lipinski definition) is 7. The molecule has 7 nitrogen and oxygen atoms in total. The van der Waals surface area contributed by atoms with Crippen molar-refractivity contribution in [1.29, 1.82) is 0 Å². The van der Waals surface area contributed by atoms with Crippen molar-refractivity contribution in [3.63, 3.8) is 0 Å². The lowest BCUT2D eigenvalue weighted by molar-refractivity contribution is -0.0455. The van der Waals surface area contributed by atoms with Crippen LogP contribution in [0.1, 0.15) is 39.5 Å². The summed E-state index contributed by atoms with van der Waals surface area (Å²) >= 11 is 0. The normalized spacial score (nSPS) is 12.6. The number of hydrogen-bond donors (Lipinski definition) is 1. The molecule has 0 heterocycles. The van der Waals surface area contributed by atoms with Gasteiger partial charge in [0.05, 0.1) is 66.1 Å². The van der Waals surface area contributed by atoms with Crippen LogP contribution in [-0.4, -0.2) is 90.5 Å². The van der Waals surface area contributed by atoms with E-state index in [1.807, 2.05) is 0 Å². The Kier molecular flexibility index (Phi) is 22.5. The lowest BCUT2D eigenvalue weighted by Gasteiger charge is -2.12. The van der Waals surface area contributed by atoms with Crippen LogP contribution in [0.15, 0.2) is 0 Å². The fraction of sp³-hybridized carbons (Fsp3) is 1.00. The highest BCUT2D eigenvalue weighted by atomic mass is 16.6. The number of ether oxygens (including phenoxy) is 6. The lowest BCUT2D eigenvalue weighted by atomic mass is 10.4. The summed E-state index contributed by atoms with van der Waals surface area (Å²) in [4.78, 5) is 0. The van der Waals surface area contributed by atoms with E-state index in [0.717, 1.165) is 38.9 Å². The summed E-state index contributed by atoms with van der Waals surface area (Å²) in [5.41, 5.74) is 0. The minimum Gasteiger partial charge on any atom is -0.388 e. The number of aliphatic hydroxyl groups excluding tert-OH is 1. The average Bonchev–Trinajstić information content (AvgIpc) is 2.64. The molecule has 26 heavy (non-hydrogen) atoms. The van der Waals surface area contributed by atoms with E-state index in [1.165, 1.54) is 0 Å². The molecule has 0 saturated heterocycles. The maximum Gasteiger partial charge on any atom is 0.101 e. The minimum absolute atomic E-state index is 0.242. The summed E-state index contributed by atoms with van der Waals surface area (Å²) in [5, 5.41) is 9.70. The first-order valence-electron chi connectivity index (χ1n) is 9.95. The Morgan fingerprint density at radius 1 is 0.500 bits per heavy atom. The summed E-state index contributed by atoms with van der Waals surface area (Å²) in [5.74, 6) is 0. The maximum atomic E-state index is 9.70. The summed E-state index contributed by atoms with van der Waals surface area (Å²) in [7, 11) is 0. The van der Waals surface area contributed by atoms with Crippen LogP contribution in [0.4, 0.5) is 0 Å². The van der Waals surface area contributed by atoms with Crippen molar-refractivity contribution in [2.45, 2.75) is 45.6 Å². The highest BCUT2D eigenvalue weighted by Crippen LogP contribution is 1.91. The molecule has 7 heteroatoms. The first-order valence-corrected chi connectivity index (χ1v) is 9.95. The van der Waals surface area contributed by atoms with E-state index in [0.29, 0.717) is 52.9 Å². The van der Waals surface area contributed by atoms with Crippen LogP contribution in [-0.2, 0) is 28.4 Å². The Balaban J connectivity index is 3.10. The molecule has 0 aromatic carbocycles. The van der Waals surface area contributed by atoms with Crippen molar-refractivity contribution in [1.82, 2.24) is 0 Å². The highest BCUT2D eigenvalue weighted by molar-refractivity contribution is 4.51. The molecule has 1 atom stereocenters. The van der Waals surface area contributed by atoms with E-state index >= 15 is 0 Å². The van der Waals surface area contributed by atoms with Gasteiger partial charge >= 0.3 is 0 Å². The first kappa shape index (κ1) is 25.7. The van der Waals surface area contributed by atoms with Gasteiger partial charge < -0.3 is 33.5 Å². The van der Waals surface area contributed by atoms with E-state index in [9.17, 15) is 5.11 Å². The van der Waals surface area contributed by atoms with Gasteiger partial charge in [0, 0.05) is 13.2 Å². The predicted octanol–water partition coefficient (Wildman–Crippen LogP) is 2.05. The SMILES string of the molecule is CCCCOCCOCCOCCOC[C@H](O)COCCOCCCC. The number of aliphatic hydroxyl groups is 1. The van der Waals surface area contributed by atoms with E-state index in [4.69, 9.17) is 28.4 Å². The predicted molar refractivity (Wildman–Crippen MR) is 101 cm³/mol. The molecule has 0 aromatic rings. The quantitative estimate of drug-likeness (QED) is 0.288. The molecule has 0 fully saturated rings. The van der Waals surface area contributed by atoms with Crippen LogP contribution in [0.2, 0.25) is 0 Å². The molecule has 0 spiro atoms. The first-order chi connectivity index (χ1) is 12.8. The zero-order valence-corrected chi connectivity index (χ0v) is 16.8. The van der Waals surface area contributed by atoms with Crippen LogP contribution in [0, 0.1) is 0 Å². The van der Waals surface area contributed by atoms with Gasteiger partial charge in [-0.15, -0.1) is 0 Å². The highest BCUT2D eigenvalue weighted by Gasteiger charge is 2.04. The van der Waals surface area contributed by atoms with Gasteiger partial charge in [-0.05, 0) is 12.8 Å². The number of rotatable bonds is 22. The Hall–Kier alpha value is -0.280.